The van der Waals surface area contributed by atoms with Crippen molar-refractivity contribution in [2.45, 2.75) is 32.1 Å². The topological polar surface area (TPSA) is 75.0 Å². The maximum absolute atomic E-state index is 13.0. The number of benzene rings is 1. The van der Waals surface area contributed by atoms with E-state index in [-0.39, 0.29) is 18.2 Å². The first-order valence-electron chi connectivity index (χ1n) is 9.90. The summed E-state index contributed by atoms with van der Waals surface area (Å²) in [5, 5.41) is 1.99. The highest BCUT2D eigenvalue weighted by Gasteiger charge is 2.28. The van der Waals surface area contributed by atoms with Gasteiger partial charge in [0.2, 0.25) is 11.8 Å². The Morgan fingerprint density at radius 1 is 1.28 bits per heavy atom. The Bertz CT molecular complexity index is 1110. The van der Waals surface area contributed by atoms with Crippen molar-refractivity contribution in [3.05, 3.63) is 59.1 Å². The molecule has 1 saturated heterocycles. The Balaban J connectivity index is 1.30. The molecule has 1 amide bonds. The van der Waals surface area contributed by atoms with Crippen LogP contribution in [0.5, 0.6) is 0 Å². The summed E-state index contributed by atoms with van der Waals surface area (Å²) in [5.74, 6) is 2.62. The molecular weight excluding hydrogens is 384 g/mol. The average Bonchev–Trinajstić information content (AvgIpc) is 3.48. The standard InChI is InChI=1S/C22H22N4O2S/c1-14-18(25-22(28-14)19-9-5-11-29-19)12-20(27)26-10-4-6-15(13-26)21-23-16-7-2-3-8-17(16)24-21/h2-3,5,7-9,11,15H,4,6,10,12-13H2,1H3,(H,23,24). The number of fused-ring (bicyclic) bond motifs is 1. The fourth-order valence-corrected chi connectivity index (χ4v) is 4.59. The number of piperidine rings is 1. The van der Waals surface area contributed by atoms with E-state index in [1.807, 2.05) is 53.6 Å². The second kappa shape index (κ2) is 7.48. The molecule has 148 valence electrons. The Labute approximate surface area is 172 Å². The molecule has 1 N–H and O–H groups in total. The van der Waals surface area contributed by atoms with Crippen LogP contribution in [0.1, 0.15) is 36.0 Å². The van der Waals surface area contributed by atoms with Gasteiger partial charge < -0.3 is 14.3 Å². The fourth-order valence-electron chi connectivity index (χ4n) is 3.95. The number of imidazole rings is 1. The summed E-state index contributed by atoms with van der Waals surface area (Å²) < 4.78 is 5.78. The highest BCUT2D eigenvalue weighted by Crippen LogP contribution is 2.29. The zero-order valence-corrected chi connectivity index (χ0v) is 17.0. The molecule has 0 radical (unpaired) electrons. The molecule has 1 fully saturated rings. The maximum Gasteiger partial charge on any atom is 0.236 e. The van der Waals surface area contributed by atoms with E-state index in [4.69, 9.17) is 9.40 Å². The Morgan fingerprint density at radius 2 is 2.17 bits per heavy atom. The van der Waals surface area contributed by atoms with Crippen molar-refractivity contribution in [2.24, 2.45) is 0 Å². The first-order chi connectivity index (χ1) is 14.2. The van der Waals surface area contributed by atoms with E-state index in [0.717, 1.165) is 46.8 Å². The summed E-state index contributed by atoms with van der Waals surface area (Å²) in [6, 6.07) is 12.0. The summed E-state index contributed by atoms with van der Waals surface area (Å²) >= 11 is 1.58. The van der Waals surface area contributed by atoms with Crippen LogP contribution >= 0.6 is 11.3 Å². The number of carbonyl (C=O) groups is 1. The molecule has 0 saturated carbocycles. The van der Waals surface area contributed by atoms with Crippen molar-refractivity contribution in [1.29, 1.82) is 0 Å². The van der Waals surface area contributed by atoms with Crippen molar-refractivity contribution >= 4 is 28.3 Å². The van der Waals surface area contributed by atoms with Gasteiger partial charge in [-0.15, -0.1) is 11.3 Å². The van der Waals surface area contributed by atoms with Crippen LogP contribution < -0.4 is 0 Å². The molecule has 0 spiro atoms. The van der Waals surface area contributed by atoms with Gasteiger partial charge in [-0.3, -0.25) is 4.79 Å². The minimum Gasteiger partial charge on any atom is -0.440 e. The smallest absolute Gasteiger partial charge is 0.236 e. The Morgan fingerprint density at radius 3 is 3.00 bits per heavy atom. The fraction of sp³-hybridized carbons (Fsp3) is 0.318. The number of aromatic nitrogens is 3. The zero-order chi connectivity index (χ0) is 19.8. The Kier molecular flexibility index (Phi) is 4.67. The lowest BCUT2D eigenvalue weighted by molar-refractivity contribution is -0.131. The third kappa shape index (κ3) is 3.58. The van der Waals surface area contributed by atoms with Crippen LogP contribution in [0.15, 0.2) is 46.2 Å². The summed E-state index contributed by atoms with van der Waals surface area (Å²) in [6.07, 6.45) is 2.29. The van der Waals surface area contributed by atoms with Gasteiger partial charge in [-0.2, -0.15) is 0 Å². The van der Waals surface area contributed by atoms with E-state index in [1.54, 1.807) is 11.3 Å². The molecule has 1 aromatic carbocycles. The lowest BCUT2D eigenvalue weighted by Gasteiger charge is -2.31. The molecule has 0 aliphatic carbocycles. The first kappa shape index (κ1) is 18.1. The summed E-state index contributed by atoms with van der Waals surface area (Å²) in [6.45, 7) is 3.34. The van der Waals surface area contributed by atoms with E-state index < -0.39 is 0 Å². The SMILES string of the molecule is Cc1oc(-c2cccs2)nc1CC(=O)N1CCCC(c2nc3ccccc3[nH]2)C1. The normalized spacial score (nSPS) is 17.1. The quantitative estimate of drug-likeness (QED) is 0.540. The monoisotopic (exact) mass is 406 g/mol. The Hall–Kier alpha value is -2.93. The number of para-hydroxylation sites is 2. The molecule has 7 heteroatoms. The number of rotatable bonds is 4. The number of H-pyrrole nitrogens is 1. The van der Waals surface area contributed by atoms with Gasteiger partial charge in [-0.25, -0.2) is 9.97 Å². The predicted octanol–water partition coefficient (Wildman–Crippen LogP) is 4.54. The number of aryl methyl sites for hydroxylation is 1. The summed E-state index contributed by atoms with van der Waals surface area (Å²) in [4.78, 5) is 28.6. The molecule has 3 aromatic heterocycles. The number of amides is 1. The number of likely N-dealkylation sites (tertiary alicyclic amines) is 1. The molecule has 6 nitrogen and oxygen atoms in total. The maximum atomic E-state index is 13.0. The van der Waals surface area contributed by atoms with Crippen LogP contribution in [0.25, 0.3) is 21.8 Å². The van der Waals surface area contributed by atoms with Crippen LogP contribution in [0, 0.1) is 6.92 Å². The molecule has 1 aliphatic heterocycles. The molecule has 4 aromatic rings. The third-order valence-corrected chi connectivity index (χ3v) is 6.37. The molecule has 1 atom stereocenters. The van der Waals surface area contributed by atoms with Crippen LogP contribution in [0.4, 0.5) is 0 Å². The first-order valence-corrected chi connectivity index (χ1v) is 10.8. The number of hydrogen-bond donors (Lipinski definition) is 1. The number of hydrogen-bond acceptors (Lipinski definition) is 5. The van der Waals surface area contributed by atoms with Crippen molar-refractivity contribution in [3.63, 3.8) is 0 Å². The minimum atomic E-state index is 0.0972. The van der Waals surface area contributed by atoms with Crippen molar-refractivity contribution in [3.8, 4) is 10.8 Å². The van der Waals surface area contributed by atoms with Crippen molar-refractivity contribution in [1.82, 2.24) is 19.9 Å². The van der Waals surface area contributed by atoms with Crippen molar-refractivity contribution < 1.29 is 9.21 Å². The third-order valence-electron chi connectivity index (χ3n) is 5.51. The van der Waals surface area contributed by atoms with E-state index in [1.165, 1.54) is 0 Å². The van der Waals surface area contributed by atoms with Gasteiger partial charge in [0.25, 0.3) is 0 Å². The van der Waals surface area contributed by atoms with E-state index in [2.05, 4.69) is 9.97 Å². The molecule has 1 aliphatic rings. The highest BCUT2D eigenvalue weighted by atomic mass is 32.1. The van der Waals surface area contributed by atoms with Crippen molar-refractivity contribution in [2.75, 3.05) is 13.1 Å². The lowest BCUT2D eigenvalue weighted by atomic mass is 9.97. The molecule has 4 heterocycles. The molecule has 29 heavy (non-hydrogen) atoms. The number of thiophene rings is 1. The molecule has 1 unspecified atom stereocenters. The average molecular weight is 407 g/mol. The van der Waals surface area contributed by atoms with Crippen LogP contribution in [0.2, 0.25) is 0 Å². The second-order valence-corrected chi connectivity index (χ2v) is 8.44. The number of oxazole rings is 1. The number of aromatic amines is 1. The largest absolute Gasteiger partial charge is 0.440 e. The van der Waals surface area contributed by atoms with Crippen LogP contribution in [-0.4, -0.2) is 38.8 Å². The van der Waals surface area contributed by atoms with E-state index in [0.29, 0.717) is 18.2 Å². The van der Waals surface area contributed by atoms with Gasteiger partial charge in [0, 0.05) is 19.0 Å². The van der Waals surface area contributed by atoms with Gasteiger partial charge in [-0.05, 0) is 43.3 Å². The zero-order valence-electron chi connectivity index (χ0n) is 16.2. The van der Waals surface area contributed by atoms with Gasteiger partial charge >= 0.3 is 0 Å². The molecule has 0 bridgehead atoms. The lowest BCUT2D eigenvalue weighted by Crippen LogP contribution is -2.40. The van der Waals surface area contributed by atoms with Gasteiger partial charge in [0.05, 0.1) is 28.0 Å². The molecular formula is C22H22N4O2S. The van der Waals surface area contributed by atoms with Crippen LogP contribution in [0.3, 0.4) is 0 Å². The number of nitrogens with zero attached hydrogens (tertiary/aromatic N) is 3. The van der Waals surface area contributed by atoms with Gasteiger partial charge in [0.15, 0.2) is 0 Å². The van der Waals surface area contributed by atoms with Gasteiger partial charge in [0.1, 0.15) is 11.6 Å². The van der Waals surface area contributed by atoms with Gasteiger partial charge in [-0.1, -0.05) is 18.2 Å². The second-order valence-electron chi connectivity index (χ2n) is 7.49. The van der Waals surface area contributed by atoms with Crippen LogP contribution in [-0.2, 0) is 11.2 Å². The summed E-state index contributed by atoms with van der Waals surface area (Å²) in [5.41, 5.74) is 2.75. The number of carbonyl (C=O) groups excluding carboxylic acids is 1. The van der Waals surface area contributed by atoms with E-state index >= 15 is 0 Å². The molecule has 5 rings (SSSR count). The summed E-state index contributed by atoms with van der Waals surface area (Å²) in [7, 11) is 0. The van der Waals surface area contributed by atoms with E-state index in [9.17, 15) is 4.79 Å². The number of nitrogens with one attached hydrogen (secondary N) is 1. The predicted molar refractivity (Wildman–Crippen MR) is 113 cm³/mol. The minimum absolute atomic E-state index is 0.0972. The highest BCUT2D eigenvalue weighted by molar-refractivity contribution is 7.13.